The van der Waals surface area contributed by atoms with Gasteiger partial charge in [0.2, 0.25) is 0 Å². The van der Waals surface area contributed by atoms with E-state index in [-0.39, 0.29) is 0 Å². The molecule has 0 saturated heterocycles. The minimum Gasteiger partial charge on any atom is -0.298 e. The summed E-state index contributed by atoms with van der Waals surface area (Å²) in [6, 6.07) is 5.83. The van der Waals surface area contributed by atoms with Crippen molar-refractivity contribution in [3.63, 3.8) is 0 Å². The van der Waals surface area contributed by atoms with Crippen LogP contribution in [-0.4, -0.2) is 16.1 Å². The maximum Gasteiger partial charge on any atom is 0.150 e. The zero-order valence-corrected chi connectivity index (χ0v) is 10.2. The molecule has 88 valence electrons. The van der Waals surface area contributed by atoms with Gasteiger partial charge in [0.15, 0.2) is 6.29 Å². The average Bonchev–Trinajstić information content (AvgIpc) is 2.78. The highest BCUT2D eigenvalue weighted by Crippen LogP contribution is 2.23. The summed E-state index contributed by atoms with van der Waals surface area (Å²) < 4.78 is 1.91. The highest BCUT2D eigenvalue weighted by Gasteiger charge is 2.07. The van der Waals surface area contributed by atoms with Crippen LogP contribution in [0.2, 0.25) is 0 Å². The Bertz CT molecular complexity index is 529. The van der Waals surface area contributed by atoms with Gasteiger partial charge in [0.05, 0.1) is 6.20 Å². The summed E-state index contributed by atoms with van der Waals surface area (Å²) in [5.41, 5.74) is 3.83. The number of hydrogen-bond donors (Lipinski definition) is 0. The summed E-state index contributed by atoms with van der Waals surface area (Å²) in [5.74, 6) is 0. The summed E-state index contributed by atoms with van der Waals surface area (Å²) in [7, 11) is 0. The Morgan fingerprint density at radius 3 is 2.94 bits per heavy atom. The molecule has 3 nitrogen and oxygen atoms in total. The van der Waals surface area contributed by atoms with Gasteiger partial charge in [0.25, 0.3) is 0 Å². The molecule has 0 fully saturated rings. The molecular formula is C14H16N2O. The molecule has 17 heavy (non-hydrogen) atoms. The molecule has 0 aliphatic carbocycles. The number of nitrogens with zero attached hydrogens (tertiary/aromatic N) is 2. The van der Waals surface area contributed by atoms with Crippen molar-refractivity contribution in [2.75, 3.05) is 0 Å². The molecule has 2 rings (SSSR count). The predicted octanol–water partition coefficient (Wildman–Crippen LogP) is 3.08. The Morgan fingerprint density at radius 2 is 2.24 bits per heavy atom. The van der Waals surface area contributed by atoms with Crippen LogP contribution in [0, 0.1) is 6.92 Å². The van der Waals surface area contributed by atoms with Crippen molar-refractivity contribution in [3.8, 4) is 11.1 Å². The first-order valence-corrected chi connectivity index (χ1v) is 5.83. The maximum absolute atomic E-state index is 11.0. The van der Waals surface area contributed by atoms with Gasteiger partial charge in [-0.05, 0) is 18.9 Å². The molecule has 0 amide bonds. The van der Waals surface area contributed by atoms with Gasteiger partial charge in [-0.1, -0.05) is 30.7 Å². The average molecular weight is 228 g/mol. The van der Waals surface area contributed by atoms with Crippen LogP contribution in [0.5, 0.6) is 0 Å². The lowest BCUT2D eigenvalue weighted by Crippen LogP contribution is -1.95. The van der Waals surface area contributed by atoms with E-state index in [0.29, 0.717) is 5.56 Å². The molecule has 0 aliphatic heterocycles. The molecular weight excluding hydrogens is 212 g/mol. The summed E-state index contributed by atoms with van der Waals surface area (Å²) in [5, 5.41) is 4.29. The first-order valence-electron chi connectivity index (χ1n) is 5.83. The first-order chi connectivity index (χ1) is 8.24. The van der Waals surface area contributed by atoms with Gasteiger partial charge in [0, 0.05) is 23.9 Å². The molecule has 1 aromatic heterocycles. The van der Waals surface area contributed by atoms with E-state index in [9.17, 15) is 4.79 Å². The van der Waals surface area contributed by atoms with E-state index in [1.807, 2.05) is 42.2 Å². The topological polar surface area (TPSA) is 34.9 Å². The number of carbonyl (C=O) groups excluding carboxylic acids is 1. The standard InChI is InChI=1S/C14H16N2O/c1-3-6-16-9-13(8-15-16)14-7-11(2)4-5-12(14)10-17/h4-5,7-10H,3,6H2,1-2H3. The number of hydrogen-bond acceptors (Lipinski definition) is 2. The third-order valence-corrected chi connectivity index (χ3v) is 2.73. The highest BCUT2D eigenvalue weighted by molar-refractivity contribution is 5.87. The Kier molecular flexibility index (Phi) is 3.38. The second-order valence-corrected chi connectivity index (χ2v) is 4.20. The molecule has 2 aromatic rings. The highest BCUT2D eigenvalue weighted by atomic mass is 16.1. The van der Waals surface area contributed by atoms with Crippen molar-refractivity contribution in [2.24, 2.45) is 0 Å². The van der Waals surface area contributed by atoms with Gasteiger partial charge in [-0.2, -0.15) is 5.10 Å². The molecule has 0 radical (unpaired) electrons. The Balaban J connectivity index is 2.43. The molecule has 0 N–H and O–H groups in total. The number of rotatable bonds is 4. The largest absolute Gasteiger partial charge is 0.298 e. The van der Waals surface area contributed by atoms with Crippen LogP contribution in [0.4, 0.5) is 0 Å². The van der Waals surface area contributed by atoms with Gasteiger partial charge in [-0.15, -0.1) is 0 Å². The second kappa shape index (κ2) is 4.95. The minimum atomic E-state index is 0.714. The second-order valence-electron chi connectivity index (χ2n) is 4.20. The van der Waals surface area contributed by atoms with E-state index in [1.165, 1.54) is 0 Å². The molecule has 1 heterocycles. The van der Waals surface area contributed by atoms with Gasteiger partial charge < -0.3 is 0 Å². The van der Waals surface area contributed by atoms with Crippen LogP contribution < -0.4 is 0 Å². The lowest BCUT2D eigenvalue weighted by atomic mass is 10.0. The van der Waals surface area contributed by atoms with Crippen LogP contribution in [0.3, 0.4) is 0 Å². The molecule has 3 heteroatoms. The lowest BCUT2D eigenvalue weighted by molar-refractivity contribution is 0.112. The number of aryl methyl sites for hydroxylation is 2. The summed E-state index contributed by atoms with van der Waals surface area (Å²) in [4.78, 5) is 11.0. The van der Waals surface area contributed by atoms with Crippen LogP contribution >= 0.6 is 0 Å². The maximum atomic E-state index is 11.0. The third-order valence-electron chi connectivity index (χ3n) is 2.73. The van der Waals surface area contributed by atoms with E-state index in [2.05, 4.69) is 12.0 Å². The van der Waals surface area contributed by atoms with Crippen molar-refractivity contribution in [1.29, 1.82) is 0 Å². The van der Waals surface area contributed by atoms with E-state index < -0.39 is 0 Å². The Labute approximate surface area is 101 Å². The fourth-order valence-electron chi connectivity index (χ4n) is 1.88. The number of aldehydes is 1. The molecule has 0 aliphatic rings. The van der Waals surface area contributed by atoms with Crippen molar-refractivity contribution in [3.05, 3.63) is 41.7 Å². The number of benzene rings is 1. The van der Waals surface area contributed by atoms with Crippen LogP contribution in [0.1, 0.15) is 29.3 Å². The molecule has 1 aromatic carbocycles. The molecule has 0 bridgehead atoms. The Morgan fingerprint density at radius 1 is 1.41 bits per heavy atom. The molecule has 0 saturated carbocycles. The van der Waals surface area contributed by atoms with Crippen LogP contribution in [-0.2, 0) is 6.54 Å². The normalized spacial score (nSPS) is 10.5. The van der Waals surface area contributed by atoms with E-state index in [4.69, 9.17) is 0 Å². The number of aromatic nitrogens is 2. The van der Waals surface area contributed by atoms with Gasteiger partial charge >= 0.3 is 0 Å². The van der Waals surface area contributed by atoms with Crippen molar-refractivity contribution >= 4 is 6.29 Å². The smallest absolute Gasteiger partial charge is 0.150 e. The fourth-order valence-corrected chi connectivity index (χ4v) is 1.88. The van der Waals surface area contributed by atoms with Gasteiger partial charge in [-0.25, -0.2) is 0 Å². The van der Waals surface area contributed by atoms with Crippen molar-refractivity contribution < 1.29 is 4.79 Å². The SMILES string of the molecule is CCCn1cc(-c2cc(C)ccc2C=O)cn1. The third kappa shape index (κ3) is 2.44. The summed E-state index contributed by atoms with van der Waals surface area (Å²) in [6.07, 6.45) is 5.75. The zero-order chi connectivity index (χ0) is 12.3. The van der Waals surface area contributed by atoms with Gasteiger partial charge in [0.1, 0.15) is 0 Å². The predicted molar refractivity (Wildman–Crippen MR) is 68.1 cm³/mol. The van der Waals surface area contributed by atoms with E-state index in [0.717, 1.165) is 35.9 Å². The zero-order valence-electron chi connectivity index (χ0n) is 10.2. The fraction of sp³-hybridized carbons (Fsp3) is 0.286. The Hall–Kier alpha value is -1.90. The summed E-state index contributed by atoms with van der Waals surface area (Å²) in [6.45, 7) is 5.04. The van der Waals surface area contributed by atoms with E-state index >= 15 is 0 Å². The quantitative estimate of drug-likeness (QED) is 0.754. The molecule has 0 spiro atoms. The van der Waals surface area contributed by atoms with Crippen LogP contribution in [0.15, 0.2) is 30.6 Å². The molecule has 0 unspecified atom stereocenters. The van der Waals surface area contributed by atoms with Crippen LogP contribution in [0.25, 0.3) is 11.1 Å². The molecule has 0 atom stereocenters. The minimum absolute atomic E-state index is 0.714. The van der Waals surface area contributed by atoms with Crippen molar-refractivity contribution in [1.82, 2.24) is 9.78 Å². The summed E-state index contributed by atoms with van der Waals surface area (Å²) >= 11 is 0. The first kappa shape index (κ1) is 11.6. The number of carbonyl (C=O) groups is 1. The van der Waals surface area contributed by atoms with Gasteiger partial charge in [-0.3, -0.25) is 9.48 Å². The van der Waals surface area contributed by atoms with E-state index in [1.54, 1.807) is 0 Å². The van der Waals surface area contributed by atoms with Crippen molar-refractivity contribution in [2.45, 2.75) is 26.8 Å². The lowest BCUT2D eigenvalue weighted by Gasteiger charge is -2.03. The monoisotopic (exact) mass is 228 g/mol.